The molecule has 2 amide bonds. The minimum atomic E-state index is -0.565. The van der Waals surface area contributed by atoms with Gasteiger partial charge in [0.05, 0.1) is 0 Å². The Labute approximate surface area is 160 Å². The van der Waals surface area contributed by atoms with E-state index in [1.807, 2.05) is 45.2 Å². The highest BCUT2D eigenvalue weighted by Gasteiger charge is 2.34. The van der Waals surface area contributed by atoms with Gasteiger partial charge < -0.3 is 15.0 Å². The third kappa shape index (κ3) is 4.81. The van der Waals surface area contributed by atoms with E-state index in [1.165, 1.54) is 10.9 Å². The molecule has 0 bridgehead atoms. The molecule has 2 N–H and O–H groups in total. The molecule has 6 nitrogen and oxygen atoms in total. The molecule has 1 aromatic carbocycles. The maximum atomic E-state index is 12.7. The molecule has 1 atom stereocenters. The Hall–Kier alpha value is -2.50. The fourth-order valence-corrected chi connectivity index (χ4v) is 3.52. The number of H-pyrrole nitrogens is 1. The predicted octanol–water partition coefficient (Wildman–Crippen LogP) is 3.62. The molecular weight excluding hydrogens is 342 g/mol. The summed E-state index contributed by atoms with van der Waals surface area (Å²) >= 11 is 0. The van der Waals surface area contributed by atoms with Crippen LogP contribution in [0.25, 0.3) is 10.9 Å². The Morgan fingerprint density at radius 2 is 2.04 bits per heavy atom. The molecule has 1 saturated heterocycles. The van der Waals surface area contributed by atoms with Crippen molar-refractivity contribution < 1.29 is 14.3 Å². The molecule has 146 valence electrons. The number of piperidine rings is 1. The number of carbonyl (C=O) groups is 2. The number of hydrogen-bond acceptors (Lipinski definition) is 3. The van der Waals surface area contributed by atoms with Crippen LogP contribution in [-0.2, 0) is 16.0 Å². The number of fused-ring (bicyclic) bond motifs is 1. The van der Waals surface area contributed by atoms with Crippen LogP contribution >= 0.6 is 0 Å². The van der Waals surface area contributed by atoms with Gasteiger partial charge in [0, 0.05) is 30.2 Å². The van der Waals surface area contributed by atoms with Crippen LogP contribution in [0.1, 0.15) is 45.6 Å². The number of rotatable bonds is 4. The second-order valence-corrected chi connectivity index (χ2v) is 8.09. The highest BCUT2D eigenvalue weighted by Crippen LogP contribution is 2.21. The van der Waals surface area contributed by atoms with E-state index in [0.717, 1.165) is 24.8 Å². The van der Waals surface area contributed by atoms with Crippen LogP contribution in [0.5, 0.6) is 0 Å². The molecule has 1 fully saturated rings. The molecule has 0 aliphatic carbocycles. The molecule has 1 aliphatic rings. The van der Waals surface area contributed by atoms with Crippen molar-refractivity contribution in [2.75, 3.05) is 13.1 Å². The van der Waals surface area contributed by atoms with Crippen molar-refractivity contribution in [3.8, 4) is 0 Å². The number of benzene rings is 1. The third-order valence-electron chi connectivity index (χ3n) is 4.80. The van der Waals surface area contributed by atoms with Crippen LogP contribution in [0.2, 0.25) is 0 Å². The zero-order valence-electron chi connectivity index (χ0n) is 16.4. The van der Waals surface area contributed by atoms with Crippen LogP contribution in [0.15, 0.2) is 30.5 Å². The second kappa shape index (κ2) is 8.03. The summed E-state index contributed by atoms with van der Waals surface area (Å²) < 4.78 is 5.47. The fourth-order valence-electron chi connectivity index (χ4n) is 3.52. The Kier molecular flexibility index (Phi) is 5.73. The number of likely N-dealkylation sites (tertiary alicyclic amines) is 1. The van der Waals surface area contributed by atoms with E-state index in [4.69, 9.17) is 4.74 Å². The maximum absolute atomic E-state index is 12.7. The highest BCUT2D eigenvalue weighted by atomic mass is 16.6. The van der Waals surface area contributed by atoms with Gasteiger partial charge in [-0.3, -0.25) is 9.69 Å². The molecule has 2 heterocycles. The molecule has 1 aliphatic heterocycles. The molecule has 2 aromatic rings. The Morgan fingerprint density at radius 1 is 1.26 bits per heavy atom. The number of aromatic amines is 1. The minimum Gasteiger partial charge on any atom is -0.444 e. The van der Waals surface area contributed by atoms with Crippen LogP contribution in [0.4, 0.5) is 4.79 Å². The van der Waals surface area contributed by atoms with Crippen molar-refractivity contribution in [2.24, 2.45) is 0 Å². The van der Waals surface area contributed by atoms with Gasteiger partial charge in [-0.25, -0.2) is 4.79 Å². The van der Waals surface area contributed by atoms with Gasteiger partial charge in [0.2, 0.25) is 5.91 Å². The van der Waals surface area contributed by atoms with Gasteiger partial charge in [-0.1, -0.05) is 18.2 Å². The average Bonchev–Trinajstić information content (AvgIpc) is 3.03. The van der Waals surface area contributed by atoms with Gasteiger partial charge in [0.15, 0.2) is 0 Å². The zero-order valence-corrected chi connectivity index (χ0v) is 16.4. The third-order valence-corrected chi connectivity index (χ3v) is 4.80. The molecular formula is C21H29N3O3. The average molecular weight is 371 g/mol. The van der Waals surface area contributed by atoms with E-state index in [2.05, 4.69) is 16.4 Å². The summed E-state index contributed by atoms with van der Waals surface area (Å²) in [6.45, 7) is 6.62. The zero-order chi connectivity index (χ0) is 19.4. The van der Waals surface area contributed by atoms with Gasteiger partial charge >= 0.3 is 6.09 Å². The summed E-state index contributed by atoms with van der Waals surface area (Å²) in [7, 11) is 0. The van der Waals surface area contributed by atoms with Crippen LogP contribution in [0, 0.1) is 0 Å². The van der Waals surface area contributed by atoms with E-state index in [-0.39, 0.29) is 5.91 Å². The first-order chi connectivity index (χ1) is 12.8. The molecule has 1 aromatic heterocycles. The first-order valence-corrected chi connectivity index (χ1v) is 9.67. The predicted molar refractivity (Wildman–Crippen MR) is 106 cm³/mol. The lowest BCUT2D eigenvalue weighted by atomic mass is 10.0. The molecule has 0 saturated carbocycles. The number of hydrogen-bond donors (Lipinski definition) is 2. The Balaban J connectivity index is 1.57. The molecule has 1 unspecified atom stereocenters. The first kappa shape index (κ1) is 19.3. The summed E-state index contributed by atoms with van der Waals surface area (Å²) in [4.78, 5) is 30.0. The number of carbonyl (C=O) groups excluding carboxylic acids is 2. The van der Waals surface area contributed by atoms with Gasteiger partial charge in [0.1, 0.15) is 11.6 Å². The lowest BCUT2D eigenvalue weighted by molar-refractivity contribution is -0.127. The summed E-state index contributed by atoms with van der Waals surface area (Å²) in [5.74, 6) is -0.0969. The topological polar surface area (TPSA) is 74.4 Å². The quantitative estimate of drug-likeness (QED) is 0.862. The normalized spacial score (nSPS) is 17.7. The fraction of sp³-hybridized carbons (Fsp3) is 0.524. The minimum absolute atomic E-state index is 0.0969. The van der Waals surface area contributed by atoms with Crippen molar-refractivity contribution in [2.45, 2.75) is 58.1 Å². The lowest BCUT2D eigenvalue weighted by Gasteiger charge is -2.35. The van der Waals surface area contributed by atoms with Crippen molar-refractivity contribution in [3.05, 3.63) is 36.0 Å². The summed E-state index contributed by atoms with van der Waals surface area (Å²) in [6.07, 6.45) is 4.86. The second-order valence-electron chi connectivity index (χ2n) is 8.09. The largest absolute Gasteiger partial charge is 0.444 e. The molecule has 27 heavy (non-hydrogen) atoms. The number of ether oxygens (including phenoxy) is 1. The molecule has 0 radical (unpaired) electrons. The number of nitrogens with one attached hydrogen (secondary N) is 2. The van der Waals surface area contributed by atoms with Gasteiger partial charge in [-0.2, -0.15) is 0 Å². The van der Waals surface area contributed by atoms with Crippen molar-refractivity contribution >= 4 is 22.9 Å². The van der Waals surface area contributed by atoms with Gasteiger partial charge in [-0.05, 0) is 58.1 Å². The molecule has 6 heteroatoms. The monoisotopic (exact) mass is 371 g/mol. The number of aromatic nitrogens is 1. The van der Waals surface area contributed by atoms with Gasteiger partial charge in [0.25, 0.3) is 0 Å². The van der Waals surface area contributed by atoms with E-state index in [1.54, 1.807) is 4.90 Å². The van der Waals surface area contributed by atoms with Crippen molar-refractivity contribution in [1.82, 2.24) is 15.2 Å². The van der Waals surface area contributed by atoms with E-state index in [0.29, 0.717) is 19.5 Å². The summed E-state index contributed by atoms with van der Waals surface area (Å²) in [6, 6.07) is 7.68. The maximum Gasteiger partial charge on any atom is 0.410 e. The highest BCUT2D eigenvalue weighted by molar-refractivity contribution is 5.86. The Morgan fingerprint density at radius 3 is 2.81 bits per heavy atom. The van der Waals surface area contributed by atoms with E-state index in [9.17, 15) is 9.59 Å². The SMILES string of the molecule is CC(C)(C)OC(=O)N1CCCCC1C(=O)NCCc1c[nH]c2ccccc12. The van der Waals surface area contributed by atoms with E-state index >= 15 is 0 Å². The van der Waals surface area contributed by atoms with Crippen LogP contribution < -0.4 is 5.32 Å². The lowest BCUT2D eigenvalue weighted by Crippen LogP contribution is -2.53. The Bertz CT molecular complexity index is 806. The van der Waals surface area contributed by atoms with Crippen molar-refractivity contribution in [3.63, 3.8) is 0 Å². The first-order valence-electron chi connectivity index (χ1n) is 9.67. The van der Waals surface area contributed by atoms with Crippen LogP contribution in [0.3, 0.4) is 0 Å². The standard InChI is InChI=1S/C21H29N3O3/c1-21(2,3)27-20(26)24-13-7-6-10-18(24)19(25)22-12-11-15-14-23-17-9-5-4-8-16(15)17/h4-5,8-9,14,18,23H,6-7,10-13H2,1-3H3,(H,22,25). The summed E-state index contributed by atoms with van der Waals surface area (Å²) in [5, 5.41) is 4.18. The summed E-state index contributed by atoms with van der Waals surface area (Å²) in [5.41, 5.74) is 1.71. The van der Waals surface area contributed by atoms with Gasteiger partial charge in [-0.15, -0.1) is 0 Å². The number of amides is 2. The molecule has 3 rings (SSSR count). The van der Waals surface area contributed by atoms with Crippen LogP contribution in [-0.4, -0.2) is 46.6 Å². The van der Waals surface area contributed by atoms with E-state index < -0.39 is 17.7 Å². The number of nitrogens with zero attached hydrogens (tertiary/aromatic N) is 1. The smallest absolute Gasteiger partial charge is 0.410 e. The van der Waals surface area contributed by atoms with Crippen molar-refractivity contribution in [1.29, 1.82) is 0 Å². The molecule has 0 spiro atoms. The number of para-hydroxylation sites is 1.